The van der Waals surface area contributed by atoms with Crippen LogP contribution in [0.3, 0.4) is 0 Å². The number of pyridine rings is 2. The lowest BCUT2D eigenvalue weighted by atomic mass is 10.3. The quantitative estimate of drug-likeness (QED) is 0.717. The lowest BCUT2D eigenvalue weighted by Gasteiger charge is -2.02. The van der Waals surface area contributed by atoms with Crippen molar-refractivity contribution in [2.24, 2.45) is 0 Å². The van der Waals surface area contributed by atoms with E-state index in [0.29, 0.717) is 5.22 Å². The maximum absolute atomic E-state index is 5.34. The molecule has 3 aromatic rings. The molecule has 0 aliphatic heterocycles. The van der Waals surface area contributed by atoms with E-state index >= 15 is 0 Å². The minimum atomic E-state index is 0.615. The number of fused-ring (bicyclic) bond motifs is 1. The molecule has 0 saturated heterocycles. The number of hydrogen-bond acceptors (Lipinski definition) is 5. The molecule has 0 aromatic carbocycles. The zero-order valence-electron chi connectivity index (χ0n) is 9.42. The second kappa shape index (κ2) is 4.70. The highest BCUT2D eigenvalue weighted by Gasteiger charge is 2.09. The maximum atomic E-state index is 5.34. The number of halogens is 1. The summed E-state index contributed by atoms with van der Waals surface area (Å²) in [6.07, 6.45) is 5.15. The molecule has 0 unspecified atom stereocenters. The van der Waals surface area contributed by atoms with Gasteiger partial charge in [0.1, 0.15) is 11.8 Å². The first-order valence-electron chi connectivity index (χ1n) is 5.22. The fourth-order valence-electron chi connectivity index (χ4n) is 1.54. The van der Waals surface area contributed by atoms with Gasteiger partial charge in [0.25, 0.3) is 5.22 Å². The number of oxazole rings is 1. The third-order valence-corrected chi connectivity index (χ3v) is 3.65. The average Bonchev–Trinajstić information content (AvgIpc) is 2.75. The Hall–Kier alpha value is -1.40. The molecule has 18 heavy (non-hydrogen) atoms. The largest absolute Gasteiger partial charge is 0.439 e. The van der Waals surface area contributed by atoms with Gasteiger partial charge in [-0.2, -0.15) is 0 Å². The van der Waals surface area contributed by atoms with Crippen LogP contribution in [-0.4, -0.2) is 15.0 Å². The average molecular weight is 322 g/mol. The smallest absolute Gasteiger partial charge is 0.260 e. The molecule has 4 nitrogen and oxygen atoms in total. The fraction of sp³-hybridized carbons (Fsp3) is 0.0833. The zero-order valence-corrected chi connectivity index (χ0v) is 11.8. The van der Waals surface area contributed by atoms with Gasteiger partial charge >= 0.3 is 0 Å². The van der Waals surface area contributed by atoms with Gasteiger partial charge < -0.3 is 4.42 Å². The Labute approximate surface area is 116 Å². The third kappa shape index (κ3) is 2.26. The summed E-state index contributed by atoms with van der Waals surface area (Å²) >= 11 is 4.84. The summed E-state index contributed by atoms with van der Waals surface area (Å²) in [6.45, 7) is 1.90. The summed E-state index contributed by atoms with van der Waals surface area (Å²) in [6, 6.07) is 3.85. The van der Waals surface area contributed by atoms with E-state index < -0.39 is 0 Å². The Bertz CT molecular complexity index is 713. The van der Waals surface area contributed by atoms with Crippen LogP contribution in [0.2, 0.25) is 0 Å². The van der Waals surface area contributed by atoms with Crippen molar-refractivity contribution in [3.63, 3.8) is 0 Å². The van der Waals surface area contributed by atoms with Gasteiger partial charge in [-0.05, 0) is 46.7 Å². The minimum Gasteiger partial charge on any atom is -0.439 e. The van der Waals surface area contributed by atoms with Crippen molar-refractivity contribution < 1.29 is 4.42 Å². The maximum Gasteiger partial charge on any atom is 0.260 e. The molecule has 3 aromatic heterocycles. The SMILES string of the molecule is Cc1coc(Sc2ccnc3cc(Br)cnc23)n1. The van der Waals surface area contributed by atoms with Crippen molar-refractivity contribution in [1.29, 1.82) is 0 Å². The Kier molecular flexibility index (Phi) is 3.05. The first-order valence-corrected chi connectivity index (χ1v) is 6.83. The lowest BCUT2D eigenvalue weighted by Crippen LogP contribution is -1.86. The van der Waals surface area contributed by atoms with Gasteiger partial charge in [-0.25, -0.2) is 4.98 Å². The molecule has 0 bridgehead atoms. The second-order valence-corrected chi connectivity index (χ2v) is 5.60. The number of aromatic nitrogens is 3. The third-order valence-electron chi connectivity index (χ3n) is 2.30. The van der Waals surface area contributed by atoms with Crippen LogP contribution in [0.5, 0.6) is 0 Å². The molecule has 0 atom stereocenters. The lowest BCUT2D eigenvalue weighted by molar-refractivity contribution is 0.454. The summed E-state index contributed by atoms with van der Waals surface area (Å²) in [4.78, 5) is 13.9. The topological polar surface area (TPSA) is 51.8 Å². The predicted octanol–water partition coefficient (Wildman–Crippen LogP) is 3.84. The minimum absolute atomic E-state index is 0.615. The highest BCUT2D eigenvalue weighted by atomic mass is 79.9. The Morgan fingerprint density at radius 3 is 3.00 bits per heavy atom. The molecule has 0 aliphatic carbocycles. The van der Waals surface area contributed by atoms with E-state index in [-0.39, 0.29) is 0 Å². The van der Waals surface area contributed by atoms with Crippen molar-refractivity contribution in [2.45, 2.75) is 17.0 Å². The van der Waals surface area contributed by atoms with Crippen molar-refractivity contribution in [3.8, 4) is 0 Å². The molecule has 90 valence electrons. The van der Waals surface area contributed by atoms with Gasteiger partial charge in [-0.1, -0.05) is 0 Å². The molecule has 0 spiro atoms. The molecule has 0 radical (unpaired) electrons. The molecule has 3 rings (SSSR count). The normalized spacial score (nSPS) is 11.0. The van der Waals surface area contributed by atoms with Crippen molar-refractivity contribution in [1.82, 2.24) is 15.0 Å². The summed E-state index contributed by atoms with van der Waals surface area (Å²) in [5.74, 6) is 0. The van der Waals surface area contributed by atoms with Crippen LogP contribution in [0.4, 0.5) is 0 Å². The number of hydrogen-bond donors (Lipinski definition) is 0. The van der Waals surface area contributed by atoms with Gasteiger partial charge in [0.2, 0.25) is 0 Å². The van der Waals surface area contributed by atoms with E-state index in [1.165, 1.54) is 11.8 Å². The van der Waals surface area contributed by atoms with E-state index in [4.69, 9.17) is 4.42 Å². The van der Waals surface area contributed by atoms with Gasteiger partial charge in [0, 0.05) is 21.8 Å². The molecular formula is C12H8BrN3OS. The molecular weight excluding hydrogens is 314 g/mol. The van der Waals surface area contributed by atoms with E-state index in [2.05, 4.69) is 30.9 Å². The highest BCUT2D eigenvalue weighted by molar-refractivity contribution is 9.10. The summed E-state index contributed by atoms with van der Waals surface area (Å²) < 4.78 is 6.25. The molecule has 0 N–H and O–H groups in total. The fourth-order valence-corrected chi connectivity index (χ4v) is 2.71. The van der Waals surface area contributed by atoms with Crippen LogP contribution in [0.15, 0.2) is 49.8 Å². The summed E-state index contributed by atoms with van der Waals surface area (Å²) in [5, 5.41) is 0.615. The van der Waals surface area contributed by atoms with Gasteiger partial charge in [-0.15, -0.1) is 0 Å². The monoisotopic (exact) mass is 321 g/mol. The second-order valence-electron chi connectivity index (χ2n) is 3.69. The summed E-state index contributed by atoms with van der Waals surface area (Å²) in [7, 11) is 0. The molecule has 3 heterocycles. The van der Waals surface area contributed by atoms with E-state index in [1.54, 1.807) is 18.7 Å². The molecule has 0 aliphatic rings. The highest BCUT2D eigenvalue weighted by Crippen LogP contribution is 2.31. The van der Waals surface area contributed by atoms with Gasteiger partial charge in [-0.3, -0.25) is 9.97 Å². The van der Waals surface area contributed by atoms with Gasteiger partial charge in [0.15, 0.2) is 0 Å². The number of aryl methyl sites for hydroxylation is 1. The van der Waals surface area contributed by atoms with Crippen LogP contribution in [0, 0.1) is 6.92 Å². The van der Waals surface area contributed by atoms with E-state index in [1.807, 2.05) is 19.1 Å². The number of rotatable bonds is 2. The molecule has 0 amide bonds. The first-order chi connectivity index (χ1) is 8.72. The Morgan fingerprint density at radius 1 is 1.33 bits per heavy atom. The van der Waals surface area contributed by atoms with E-state index in [9.17, 15) is 0 Å². The van der Waals surface area contributed by atoms with E-state index in [0.717, 1.165) is 26.1 Å². The van der Waals surface area contributed by atoms with Crippen LogP contribution >= 0.6 is 27.7 Å². The first kappa shape index (κ1) is 11.7. The van der Waals surface area contributed by atoms with Crippen LogP contribution < -0.4 is 0 Å². The Balaban J connectivity index is 2.06. The Morgan fingerprint density at radius 2 is 2.22 bits per heavy atom. The van der Waals surface area contributed by atoms with Gasteiger partial charge in [0.05, 0.1) is 11.2 Å². The van der Waals surface area contributed by atoms with Crippen molar-refractivity contribution in [3.05, 3.63) is 41.0 Å². The zero-order chi connectivity index (χ0) is 12.5. The standard InChI is InChI=1S/C12H8BrN3OS/c1-7-6-17-12(16-7)18-10-2-3-14-9-4-8(13)5-15-11(9)10/h2-6H,1H3. The predicted molar refractivity (Wildman–Crippen MR) is 72.6 cm³/mol. The molecule has 6 heteroatoms. The van der Waals surface area contributed by atoms with Crippen LogP contribution in [0.1, 0.15) is 5.69 Å². The van der Waals surface area contributed by atoms with Crippen LogP contribution in [-0.2, 0) is 0 Å². The van der Waals surface area contributed by atoms with Crippen molar-refractivity contribution >= 4 is 38.7 Å². The van der Waals surface area contributed by atoms with Crippen LogP contribution in [0.25, 0.3) is 11.0 Å². The number of nitrogens with zero attached hydrogens (tertiary/aromatic N) is 3. The summed E-state index contributed by atoms with van der Waals surface area (Å²) in [5.41, 5.74) is 2.56. The molecule has 0 fully saturated rings. The van der Waals surface area contributed by atoms with Crippen molar-refractivity contribution in [2.75, 3.05) is 0 Å². The molecule has 0 saturated carbocycles.